The first-order chi connectivity index (χ1) is 8.18. The summed E-state index contributed by atoms with van der Waals surface area (Å²) in [7, 11) is 0. The Kier molecular flexibility index (Phi) is 4.43. The Bertz CT molecular complexity index is 267. The van der Waals surface area contributed by atoms with E-state index >= 15 is 0 Å². The van der Waals surface area contributed by atoms with Crippen molar-refractivity contribution in [1.82, 2.24) is 4.90 Å². The van der Waals surface area contributed by atoms with Crippen molar-refractivity contribution in [3.8, 4) is 0 Å². The Morgan fingerprint density at radius 1 is 1.12 bits per heavy atom. The van der Waals surface area contributed by atoms with Crippen LogP contribution in [0.1, 0.15) is 58.3 Å². The van der Waals surface area contributed by atoms with E-state index in [1.165, 1.54) is 25.7 Å². The predicted molar refractivity (Wildman–Crippen MR) is 69.6 cm³/mol. The molecule has 0 aromatic heterocycles. The molecule has 1 saturated carbocycles. The molecule has 2 fully saturated rings. The van der Waals surface area contributed by atoms with E-state index in [4.69, 9.17) is 5.73 Å². The smallest absolute Gasteiger partial charge is 0.225 e. The van der Waals surface area contributed by atoms with Crippen molar-refractivity contribution in [1.29, 1.82) is 0 Å². The summed E-state index contributed by atoms with van der Waals surface area (Å²) in [4.78, 5) is 14.7. The minimum atomic E-state index is 0.208. The first-order valence-electron chi connectivity index (χ1n) is 7.24. The molecule has 1 aliphatic carbocycles. The lowest BCUT2D eigenvalue weighted by Crippen LogP contribution is -2.44. The van der Waals surface area contributed by atoms with Crippen molar-refractivity contribution >= 4 is 5.91 Å². The average molecular weight is 238 g/mol. The molecule has 0 aromatic rings. The molecule has 3 atom stereocenters. The minimum Gasteiger partial charge on any atom is -0.340 e. The second-order valence-corrected chi connectivity index (χ2v) is 5.85. The lowest BCUT2D eigenvalue weighted by atomic mass is 9.85. The zero-order valence-electron chi connectivity index (χ0n) is 11.0. The minimum absolute atomic E-state index is 0.208. The molecule has 2 aliphatic rings. The van der Waals surface area contributed by atoms with Gasteiger partial charge in [0.15, 0.2) is 0 Å². The van der Waals surface area contributed by atoms with Gasteiger partial charge in [-0.15, -0.1) is 0 Å². The van der Waals surface area contributed by atoms with Crippen LogP contribution in [-0.2, 0) is 4.79 Å². The van der Waals surface area contributed by atoms with Gasteiger partial charge in [0.2, 0.25) is 5.91 Å². The van der Waals surface area contributed by atoms with Crippen LogP contribution in [0.4, 0.5) is 0 Å². The van der Waals surface area contributed by atoms with E-state index in [1.807, 2.05) is 0 Å². The van der Waals surface area contributed by atoms with E-state index in [0.717, 1.165) is 32.2 Å². The van der Waals surface area contributed by atoms with Gasteiger partial charge < -0.3 is 10.6 Å². The highest BCUT2D eigenvalue weighted by Gasteiger charge is 2.31. The van der Waals surface area contributed by atoms with E-state index < -0.39 is 0 Å². The number of nitrogens with two attached hydrogens (primary N) is 1. The number of likely N-dealkylation sites (tertiary alicyclic amines) is 1. The summed E-state index contributed by atoms with van der Waals surface area (Å²) in [5.74, 6) is 0.592. The van der Waals surface area contributed by atoms with Crippen LogP contribution in [0.15, 0.2) is 0 Å². The van der Waals surface area contributed by atoms with Crippen LogP contribution >= 0.6 is 0 Å². The summed E-state index contributed by atoms with van der Waals surface area (Å²) in [6.45, 7) is 3.16. The van der Waals surface area contributed by atoms with Crippen LogP contribution in [0.5, 0.6) is 0 Å². The van der Waals surface area contributed by atoms with Crippen molar-refractivity contribution in [2.24, 2.45) is 11.7 Å². The van der Waals surface area contributed by atoms with Gasteiger partial charge in [0.05, 0.1) is 0 Å². The zero-order chi connectivity index (χ0) is 12.3. The number of hydrogen-bond acceptors (Lipinski definition) is 2. The summed E-state index contributed by atoms with van der Waals surface area (Å²) in [5, 5.41) is 0. The second kappa shape index (κ2) is 5.85. The van der Waals surface area contributed by atoms with E-state index in [9.17, 15) is 4.79 Å². The highest BCUT2D eigenvalue weighted by atomic mass is 16.2. The van der Waals surface area contributed by atoms with Crippen molar-refractivity contribution in [3.05, 3.63) is 0 Å². The average Bonchev–Trinajstić information content (AvgIpc) is 2.53. The van der Waals surface area contributed by atoms with Gasteiger partial charge in [-0.3, -0.25) is 4.79 Å². The van der Waals surface area contributed by atoms with Gasteiger partial charge in [0, 0.05) is 24.5 Å². The van der Waals surface area contributed by atoms with Gasteiger partial charge in [0.1, 0.15) is 0 Å². The molecule has 0 radical (unpaired) electrons. The standard InChI is InChI=1S/C14H26N2O/c1-11-6-3-2-4-9-16(11)14(17)12-7-5-8-13(15)10-12/h11-13H,2-10,15H2,1H3. The number of amides is 1. The number of carbonyl (C=O) groups is 1. The van der Waals surface area contributed by atoms with Crippen LogP contribution < -0.4 is 5.73 Å². The fourth-order valence-corrected chi connectivity index (χ4v) is 3.29. The van der Waals surface area contributed by atoms with E-state index in [-0.39, 0.29) is 12.0 Å². The number of nitrogens with zero attached hydrogens (tertiary/aromatic N) is 1. The highest BCUT2D eigenvalue weighted by Crippen LogP contribution is 2.27. The van der Waals surface area contributed by atoms with Crippen molar-refractivity contribution in [3.63, 3.8) is 0 Å². The molecule has 0 bridgehead atoms. The Hall–Kier alpha value is -0.570. The van der Waals surface area contributed by atoms with Crippen LogP contribution in [-0.4, -0.2) is 29.4 Å². The monoisotopic (exact) mass is 238 g/mol. The number of rotatable bonds is 1. The Morgan fingerprint density at radius 3 is 2.71 bits per heavy atom. The van der Waals surface area contributed by atoms with Gasteiger partial charge in [-0.2, -0.15) is 0 Å². The van der Waals surface area contributed by atoms with Gasteiger partial charge in [0.25, 0.3) is 0 Å². The molecular formula is C14H26N2O. The first-order valence-corrected chi connectivity index (χ1v) is 7.24. The Labute approximate surface area is 105 Å². The van der Waals surface area contributed by atoms with Crippen LogP contribution in [0, 0.1) is 5.92 Å². The zero-order valence-corrected chi connectivity index (χ0v) is 11.0. The SMILES string of the molecule is CC1CCCCCN1C(=O)C1CCCC(N)C1. The lowest BCUT2D eigenvalue weighted by molar-refractivity contribution is -0.138. The first kappa shape index (κ1) is 12.9. The second-order valence-electron chi connectivity index (χ2n) is 5.85. The van der Waals surface area contributed by atoms with E-state index in [1.54, 1.807) is 0 Å². The topological polar surface area (TPSA) is 46.3 Å². The largest absolute Gasteiger partial charge is 0.340 e. The maximum atomic E-state index is 12.5. The van der Waals surface area contributed by atoms with E-state index in [0.29, 0.717) is 11.9 Å². The van der Waals surface area contributed by atoms with Gasteiger partial charge in [-0.05, 0) is 39.0 Å². The number of carbonyl (C=O) groups excluding carboxylic acids is 1. The molecule has 1 amide bonds. The summed E-state index contributed by atoms with van der Waals surface area (Å²) in [6.07, 6.45) is 9.07. The molecule has 1 heterocycles. The Balaban J connectivity index is 1.97. The number of hydrogen-bond donors (Lipinski definition) is 1. The molecule has 3 heteroatoms. The molecular weight excluding hydrogens is 212 g/mol. The molecule has 2 rings (SSSR count). The quantitative estimate of drug-likeness (QED) is 0.762. The van der Waals surface area contributed by atoms with Gasteiger partial charge in [-0.25, -0.2) is 0 Å². The Morgan fingerprint density at radius 2 is 1.94 bits per heavy atom. The van der Waals surface area contributed by atoms with E-state index in [2.05, 4.69) is 11.8 Å². The molecule has 98 valence electrons. The maximum Gasteiger partial charge on any atom is 0.225 e. The lowest BCUT2D eigenvalue weighted by Gasteiger charge is -2.34. The fraction of sp³-hybridized carbons (Fsp3) is 0.929. The normalized spacial score (nSPS) is 35.4. The summed E-state index contributed by atoms with van der Waals surface area (Å²) >= 11 is 0. The van der Waals surface area contributed by atoms with Crippen LogP contribution in [0.3, 0.4) is 0 Å². The van der Waals surface area contributed by atoms with Crippen molar-refractivity contribution in [2.75, 3.05) is 6.54 Å². The summed E-state index contributed by atoms with van der Waals surface area (Å²) in [6, 6.07) is 0.683. The highest BCUT2D eigenvalue weighted by molar-refractivity contribution is 5.79. The van der Waals surface area contributed by atoms with Crippen LogP contribution in [0.2, 0.25) is 0 Å². The molecule has 3 unspecified atom stereocenters. The van der Waals surface area contributed by atoms with Gasteiger partial charge in [-0.1, -0.05) is 19.3 Å². The van der Waals surface area contributed by atoms with Gasteiger partial charge >= 0.3 is 0 Å². The van der Waals surface area contributed by atoms with Crippen molar-refractivity contribution < 1.29 is 4.79 Å². The van der Waals surface area contributed by atoms with Crippen molar-refractivity contribution in [2.45, 2.75) is 70.4 Å². The predicted octanol–water partition coefficient (Wildman–Crippen LogP) is 2.29. The summed E-state index contributed by atoms with van der Waals surface area (Å²) < 4.78 is 0. The molecule has 17 heavy (non-hydrogen) atoms. The maximum absolute atomic E-state index is 12.5. The summed E-state index contributed by atoms with van der Waals surface area (Å²) in [5.41, 5.74) is 5.99. The third-order valence-corrected chi connectivity index (χ3v) is 4.40. The molecule has 3 nitrogen and oxygen atoms in total. The molecule has 2 N–H and O–H groups in total. The molecule has 1 aliphatic heterocycles. The third kappa shape index (κ3) is 3.21. The molecule has 0 aromatic carbocycles. The third-order valence-electron chi connectivity index (χ3n) is 4.40. The molecule has 0 spiro atoms. The fourth-order valence-electron chi connectivity index (χ4n) is 3.29. The van der Waals surface area contributed by atoms with Crippen LogP contribution in [0.25, 0.3) is 0 Å². The molecule has 1 saturated heterocycles.